The lowest BCUT2D eigenvalue weighted by atomic mass is 10.1. The van der Waals surface area contributed by atoms with Crippen molar-refractivity contribution >= 4 is 11.3 Å². The number of benzene rings is 1. The van der Waals surface area contributed by atoms with E-state index in [2.05, 4.69) is 4.98 Å². The second-order valence-electron chi connectivity index (χ2n) is 6.43. The highest BCUT2D eigenvalue weighted by atomic mass is 32.1. The van der Waals surface area contributed by atoms with Gasteiger partial charge in [-0.2, -0.15) is 0 Å². The molecule has 0 aliphatic heterocycles. The summed E-state index contributed by atoms with van der Waals surface area (Å²) in [6, 6.07) is 14.8. The molecule has 0 fully saturated rings. The van der Waals surface area contributed by atoms with E-state index < -0.39 is 6.10 Å². The molecule has 0 saturated carbocycles. The third-order valence-electron chi connectivity index (χ3n) is 4.42. The molecule has 4 rings (SSSR count). The van der Waals surface area contributed by atoms with Gasteiger partial charge in [0.15, 0.2) is 17.6 Å². The average molecular weight is 423 g/mol. The van der Waals surface area contributed by atoms with E-state index in [1.807, 2.05) is 49.6 Å². The van der Waals surface area contributed by atoms with E-state index in [1.165, 1.54) is 17.6 Å². The summed E-state index contributed by atoms with van der Waals surface area (Å²) in [5.74, 6) is 1.88. The number of hydrogen-bond donors (Lipinski definition) is 1. The Kier molecular flexibility index (Phi) is 6.11. The summed E-state index contributed by atoms with van der Waals surface area (Å²) in [7, 11) is 0. The minimum absolute atomic E-state index is 0.455. The third-order valence-corrected chi connectivity index (χ3v) is 5.31. The fraction of sp³-hybridized carbons (Fsp3) is 0.217. The van der Waals surface area contributed by atoms with Crippen LogP contribution >= 0.6 is 11.3 Å². The molecule has 0 saturated heterocycles. The van der Waals surface area contributed by atoms with Gasteiger partial charge in [-0.05, 0) is 56.3 Å². The van der Waals surface area contributed by atoms with Gasteiger partial charge in [0.2, 0.25) is 0 Å². The van der Waals surface area contributed by atoms with E-state index in [-0.39, 0.29) is 0 Å². The van der Waals surface area contributed by atoms with Gasteiger partial charge in [0, 0.05) is 10.9 Å². The molecule has 6 nitrogen and oxygen atoms in total. The molecule has 0 spiro atoms. The van der Waals surface area contributed by atoms with Crippen LogP contribution in [0.15, 0.2) is 64.6 Å². The van der Waals surface area contributed by atoms with Crippen LogP contribution in [0.3, 0.4) is 0 Å². The zero-order valence-corrected chi connectivity index (χ0v) is 17.6. The van der Waals surface area contributed by atoms with E-state index in [4.69, 9.17) is 18.9 Å². The lowest BCUT2D eigenvalue weighted by molar-refractivity contribution is 0.185. The predicted octanol–water partition coefficient (Wildman–Crippen LogP) is 5.34. The molecular weight excluding hydrogens is 400 g/mol. The van der Waals surface area contributed by atoms with Crippen molar-refractivity contribution in [3.8, 4) is 33.5 Å². The van der Waals surface area contributed by atoms with Crippen molar-refractivity contribution in [2.45, 2.75) is 20.0 Å². The first-order valence-electron chi connectivity index (χ1n) is 9.74. The Labute approximate surface area is 178 Å². The maximum atomic E-state index is 10.5. The van der Waals surface area contributed by atoms with Crippen LogP contribution in [0.4, 0.5) is 0 Å². The van der Waals surface area contributed by atoms with E-state index in [0.717, 1.165) is 22.0 Å². The topological polar surface area (TPSA) is 77.6 Å². The van der Waals surface area contributed by atoms with Crippen LogP contribution in [0, 0.1) is 0 Å². The smallest absolute Gasteiger partial charge is 0.161 e. The zero-order valence-electron chi connectivity index (χ0n) is 16.7. The third kappa shape index (κ3) is 4.22. The van der Waals surface area contributed by atoms with Crippen LogP contribution in [0.1, 0.15) is 31.4 Å². The van der Waals surface area contributed by atoms with Gasteiger partial charge in [0.1, 0.15) is 16.5 Å². The van der Waals surface area contributed by atoms with E-state index in [0.29, 0.717) is 36.1 Å². The Morgan fingerprint density at radius 3 is 2.57 bits per heavy atom. The largest absolute Gasteiger partial charge is 0.490 e. The molecule has 3 heterocycles. The predicted molar refractivity (Wildman–Crippen MR) is 116 cm³/mol. The number of aliphatic hydroxyl groups is 1. The van der Waals surface area contributed by atoms with Gasteiger partial charge in [-0.1, -0.05) is 6.07 Å². The van der Waals surface area contributed by atoms with E-state index >= 15 is 0 Å². The van der Waals surface area contributed by atoms with Crippen molar-refractivity contribution in [1.82, 2.24) is 9.97 Å². The summed E-state index contributed by atoms with van der Waals surface area (Å²) < 4.78 is 16.7. The molecule has 30 heavy (non-hydrogen) atoms. The van der Waals surface area contributed by atoms with Gasteiger partial charge in [-0.25, -0.2) is 9.97 Å². The Balaban J connectivity index is 1.62. The van der Waals surface area contributed by atoms with E-state index in [1.54, 1.807) is 18.2 Å². The van der Waals surface area contributed by atoms with Crippen molar-refractivity contribution < 1.29 is 19.0 Å². The van der Waals surface area contributed by atoms with Crippen LogP contribution < -0.4 is 9.47 Å². The molecule has 0 aliphatic rings. The molecule has 154 valence electrons. The van der Waals surface area contributed by atoms with E-state index in [9.17, 15) is 5.11 Å². The normalized spacial score (nSPS) is 12.0. The maximum Gasteiger partial charge on any atom is 0.161 e. The Hall–Kier alpha value is -3.16. The number of ether oxygens (including phenoxy) is 2. The van der Waals surface area contributed by atoms with Crippen molar-refractivity contribution in [1.29, 1.82) is 0 Å². The van der Waals surface area contributed by atoms with Crippen LogP contribution in [0.25, 0.3) is 22.0 Å². The number of aliphatic hydroxyl groups excluding tert-OH is 1. The molecule has 0 bridgehead atoms. The van der Waals surface area contributed by atoms with Crippen molar-refractivity contribution in [2.24, 2.45) is 0 Å². The number of rotatable bonds is 8. The monoisotopic (exact) mass is 422 g/mol. The summed E-state index contributed by atoms with van der Waals surface area (Å²) in [5, 5.41) is 13.3. The Morgan fingerprint density at radius 2 is 1.80 bits per heavy atom. The summed E-state index contributed by atoms with van der Waals surface area (Å²) in [6.45, 7) is 5.02. The number of furan rings is 1. The first-order chi connectivity index (χ1) is 14.7. The summed E-state index contributed by atoms with van der Waals surface area (Å²) in [5.41, 5.74) is 2.90. The highest BCUT2D eigenvalue weighted by Crippen LogP contribution is 2.35. The molecule has 7 heteroatoms. The van der Waals surface area contributed by atoms with Gasteiger partial charge in [-0.3, -0.25) is 0 Å². The molecule has 3 aromatic heterocycles. The summed E-state index contributed by atoms with van der Waals surface area (Å²) in [4.78, 5) is 9.33. The number of hydrogen-bond acceptors (Lipinski definition) is 7. The Morgan fingerprint density at radius 1 is 0.967 bits per heavy atom. The second kappa shape index (κ2) is 9.11. The van der Waals surface area contributed by atoms with Crippen LogP contribution in [-0.2, 0) is 0 Å². The number of pyridine rings is 1. The van der Waals surface area contributed by atoms with Crippen molar-refractivity contribution in [2.75, 3.05) is 13.2 Å². The molecule has 1 atom stereocenters. The molecule has 1 N–H and O–H groups in total. The summed E-state index contributed by atoms with van der Waals surface area (Å²) in [6.07, 6.45) is 0.612. The molecule has 0 radical (unpaired) electrons. The molecule has 0 aliphatic carbocycles. The quantitative estimate of drug-likeness (QED) is 0.413. The Bertz CT molecular complexity index is 1110. The lowest BCUT2D eigenvalue weighted by Crippen LogP contribution is -2.01. The average Bonchev–Trinajstić information content (AvgIpc) is 3.47. The van der Waals surface area contributed by atoms with Gasteiger partial charge in [0.25, 0.3) is 0 Å². The SMILES string of the molecule is CCOc1ccc(-c2nc(-c3cccc(C(O)c4ccco4)n3)cs2)cc1OCC. The molecular formula is C23H22N2O4S. The first-order valence-corrected chi connectivity index (χ1v) is 10.6. The number of aromatic nitrogens is 2. The minimum atomic E-state index is -0.919. The highest BCUT2D eigenvalue weighted by Gasteiger charge is 2.17. The molecule has 1 aromatic carbocycles. The second-order valence-corrected chi connectivity index (χ2v) is 7.29. The standard InChI is InChI=1S/C23H22N2O4S/c1-3-27-19-11-10-15(13-21(19)28-4-2)23-25-18(14-30-23)16-7-5-8-17(24-16)22(26)20-9-6-12-29-20/h5-14,22,26H,3-4H2,1-2H3. The molecule has 1 unspecified atom stereocenters. The van der Waals surface area contributed by atoms with Crippen molar-refractivity contribution in [3.63, 3.8) is 0 Å². The number of nitrogens with zero attached hydrogens (tertiary/aromatic N) is 2. The molecule has 0 amide bonds. The van der Waals surface area contributed by atoms with Crippen molar-refractivity contribution in [3.05, 3.63) is 71.6 Å². The first kappa shape index (κ1) is 20.1. The highest BCUT2D eigenvalue weighted by molar-refractivity contribution is 7.13. The molecule has 4 aromatic rings. The minimum Gasteiger partial charge on any atom is -0.490 e. The zero-order chi connectivity index (χ0) is 20.9. The van der Waals surface area contributed by atoms with Crippen LogP contribution in [-0.4, -0.2) is 28.3 Å². The number of thiazole rings is 1. The van der Waals surface area contributed by atoms with Gasteiger partial charge in [0.05, 0.1) is 30.9 Å². The van der Waals surface area contributed by atoms with Gasteiger partial charge >= 0.3 is 0 Å². The fourth-order valence-corrected chi connectivity index (χ4v) is 3.86. The van der Waals surface area contributed by atoms with Crippen LogP contribution in [0.2, 0.25) is 0 Å². The van der Waals surface area contributed by atoms with Gasteiger partial charge < -0.3 is 19.0 Å². The van der Waals surface area contributed by atoms with Gasteiger partial charge in [-0.15, -0.1) is 11.3 Å². The fourth-order valence-electron chi connectivity index (χ4n) is 3.05. The van der Waals surface area contributed by atoms with Crippen LogP contribution in [0.5, 0.6) is 11.5 Å². The maximum absolute atomic E-state index is 10.5. The summed E-state index contributed by atoms with van der Waals surface area (Å²) >= 11 is 1.53. The lowest BCUT2D eigenvalue weighted by Gasteiger charge is -2.11.